The number of aryl methyl sites for hydroxylation is 1. The zero-order chi connectivity index (χ0) is 14.5. The van der Waals surface area contributed by atoms with E-state index in [0.29, 0.717) is 5.56 Å². The standard InChI is InChI=1S/C17H15NO2/c1-13-10-16(9-8-15-6-4-3-5-7-15)11-17(20)18(13)12-14(2)19/h3-7,10-11H,12H2,1-2H3. The largest absolute Gasteiger partial charge is 0.305 e. The number of rotatable bonds is 2. The fourth-order valence-corrected chi connectivity index (χ4v) is 1.89. The first-order chi connectivity index (χ1) is 9.56. The maximum Gasteiger partial charge on any atom is 0.252 e. The van der Waals surface area contributed by atoms with Crippen molar-refractivity contribution in [2.24, 2.45) is 0 Å². The molecule has 0 saturated heterocycles. The molecule has 2 aromatic rings. The van der Waals surface area contributed by atoms with E-state index in [9.17, 15) is 9.59 Å². The van der Waals surface area contributed by atoms with Crippen molar-refractivity contribution in [3.8, 4) is 11.8 Å². The molecule has 3 heteroatoms. The van der Waals surface area contributed by atoms with E-state index in [4.69, 9.17) is 0 Å². The summed E-state index contributed by atoms with van der Waals surface area (Å²) >= 11 is 0. The molecule has 1 heterocycles. The molecule has 0 spiro atoms. The third-order valence-corrected chi connectivity index (χ3v) is 2.84. The molecule has 0 bridgehead atoms. The molecule has 0 saturated carbocycles. The second-order valence-electron chi connectivity index (χ2n) is 4.63. The van der Waals surface area contributed by atoms with Crippen LogP contribution in [0, 0.1) is 18.8 Å². The van der Waals surface area contributed by atoms with Crippen molar-refractivity contribution < 1.29 is 4.79 Å². The van der Waals surface area contributed by atoms with E-state index in [0.717, 1.165) is 11.3 Å². The molecule has 0 aliphatic heterocycles. The summed E-state index contributed by atoms with van der Waals surface area (Å²) in [4.78, 5) is 23.1. The number of ketones is 1. The lowest BCUT2D eigenvalue weighted by atomic mass is 10.2. The topological polar surface area (TPSA) is 39.1 Å². The highest BCUT2D eigenvalue weighted by Gasteiger charge is 2.04. The summed E-state index contributed by atoms with van der Waals surface area (Å²) in [6, 6.07) is 12.9. The Bertz CT molecular complexity index is 746. The van der Waals surface area contributed by atoms with Gasteiger partial charge < -0.3 is 4.57 Å². The van der Waals surface area contributed by atoms with Gasteiger partial charge in [0.15, 0.2) is 0 Å². The minimum atomic E-state index is -0.197. The van der Waals surface area contributed by atoms with Gasteiger partial charge in [-0.1, -0.05) is 30.0 Å². The number of hydrogen-bond acceptors (Lipinski definition) is 2. The first-order valence-electron chi connectivity index (χ1n) is 6.34. The smallest absolute Gasteiger partial charge is 0.252 e. The quantitative estimate of drug-likeness (QED) is 0.780. The summed E-state index contributed by atoms with van der Waals surface area (Å²) in [5, 5.41) is 0. The van der Waals surface area contributed by atoms with Crippen LogP contribution in [-0.2, 0) is 11.3 Å². The van der Waals surface area contributed by atoms with Crippen LogP contribution in [0.4, 0.5) is 0 Å². The second-order valence-corrected chi connectivity index (χ2v) is 4.63. The van der Waals surface area contributed by atoms with Gasteiger partial charge in [0.05, 0.1) is 6.54 Å². The van der Waals surface area contributed by atoms with Crippen molar-refractivity contribution in [2.45, 2.75) is 20.4 Å². The Morgan fingerprint density at radius 3 is 2.35 bits per heavy atom. The van der Waals surface area contributed by atoms with E-state index in [-0.39, 0.29) is 17.9 Å². The highest BCUT2D eigenvalue weighted by atomic mass is 16.1. The maximum atomic E-state index is 12.0. The van der Waals surface area contributed by atoms with E-state index in [2.05, 4.69) is 11.8 Å². The van der Waals surface area contributed by atoms with Crippen LogP contribution in [-0.4, -0.2) is 10.4 Å². The molecule has 0 radical (unpaired) electrons. The Balaban J connectivity index is 2.34. The molecule has 20 heavy (non-hydrogen) atoms. The van der Waals surface area contributed by atoms with E-state index in [1.807, 2.05) is 36.4 Å². The molecule has 0 aliphatic carbocycles. The van der Waals surface area contributed by atoms with Gasteiger partial charge in [-0.15, -0.1) is 0 Å². The lowest BCUT2D eigenvalue weighted by Gasteiger charge is -2.07. The number of pyridine rings is 1. The Kier molecular flexibility index (Phi) is 4.17. The third kappa shape index (κ3) is 3.46. The van der Waals surface area contributed by atoms with Gasteiger partial charge in [0.2, 0.25) is 0 Å². The van der Waals surface area contributed by atoms with Gasteiger partial charge in [-0.2, -0.15) is 0 Å². The molecule has 0 amide bonds. The first kappa shape index (κ1) is 13.8. The van der Waals surface area contributed by atoms with Crippen LogP contribution in [0.2, 0.25) is 0 Å². The van der Waals surface area contributed by atoms with Gasteiger partial charge in [0, 0.05) is 22.9 Å². The zero-order valence-electron chi connectivity index (χ0n) is 11.5. The molecule has 1 aromatic carbocycles. The van der Waals surface area contributed by atoms with Gasteiger partial charge in [-0.3, -0.25) is 9.59 Å². The minimum absolute atomic E-state index is 0.0432. The Morgan fingerprint density at radius 2 is 1.75 bits per heavy atom. The predicted octanol–water partition coefficient (Wildman–Crippen LogP) is 2.15. The lowest BCUT2D eigenvalue weighted by molar-refractivity contribution is -0.117. The van der Waals surface area contributed by atoms with Crippen molar-refractivity contribution in [2.75, 3.05) is 0 Å². The van der Waals surface area contributed by atoms with E-state index in [1.54, 1.807) is 6.92 Å². The number of hydrogen-bond donors (Lipinski definition) is 0. The summed E-state index contributed by atoms with van der Waals surface area (Å²) in [5.41, 5.74) is 2.11. The number of aromatic nitrogens is 1. The van der Waals surface area contributed by atoms with Crippen molar-refractivity contribution in [1.82, 2.24) is 4.57 Å². The normalized spacial score (nSPS) is 9.70. The maximum absolute atomic E-state index is 12.0. The SMILES string of the molecule is CC(=O)Cn1c(C)cc(C#Cc2ccccc2)cc1=O. The summed E-state index contributed by atoms with van der Waals surface area (Å²) < 4.78 is 1.45. The van der Waals surface area contributed by atoms with Crippen molar-refractivity contribution in [1.29, 1.82) is 0 Å². The molecule has 0 aliphatic rings. The third-order valence-electron chi connectivity index (χ3n) is 2.84. The summed E-state index contributed by atoms with van der Waals surface area (Å²) in [5.74, 6) is 5.94. The van der Waals surface area contributed by atoms with Crippen LogP contribution in [0.15, 0.2) is 47.3 Å². The van der Waals surface area contributed by atoms with Crippen molar-refractivity contribution >= 4 is 5.78 Å². The van der Waals surface area contributed by atoms with Gasteiger partial charge >= 0.3 is 0 Å². The van der Waals surface area contributed by atoms with E-state index < -0.39 is 0 Å². The van der Waals surface area contributed by atoms with E-state index >= 15 is 0 Å². The molecular weight excluding hydrogens is 250 g/mol. The fourth-order valence-electron chi connectivity index (χ4n) is 1.89. The van der Waals surface area contributed by atoms with Crippen molar-refractivity contribution in [3.05, 3.63) is 69.6 Å². The number of nitrogens with zero attached hydrogens (tertiary/aromatic N) is 1. The van der Waals surface area contributed by atoms with E-state index in [1.165, 1.54) is 17.6 Å². The highest BCUT2D eigenvalue weighted by Crippen LogP contribution is 2.01. The zero-order valence-corrected chi connectivity index (χ0v) is 11.5. The Labute approximate surface area is 117 Å². The van der Waals surface area contributed by atoms with Gasteiger partial charge in [-0.05, 0) is 32.0 Å². The Hall–Kier alpha value is -2.60. The van der Waals surface area contributed by atoms with Crippen LogP contribution < -0.4 is 5.56 Å². The second kappa shape index (κ2) is 6.03. The average molecular weight is 265 g/mol. The molecule has 100 valence electrons. The number of Topliss-reactive ketones (excluding diaryl/α,β-unsaturated/α-hetero) is 1. The van der Waals surface area contributed by atoms with Crippen molar-refractivity contribution in [3.63, 3.8) is 0 Å². The average Bonchev–Trinajstić information content (AvgIpc) is 2.41. The van der Waals surface area contributed by atoms with Gasteiger partial charge in [0.1, 0.15) is 5.78 Å². The van der Waals surface area contributed by atoms with Crippen LogP contribution >= 0.6 is 0 Å². The molecule has 3 nitrogen and oxygen atoms in total. The fraction of sp³-hybridized carbons (Fsp3) is 0.176. The minimum Gasteiger partial charge on any atom is -0.305 e. The first-order valence-corrected chi connectivity index (χ1v) is 6.34. The number of benzene rings is 1. The van der Waals surface area contributed by atoms with Gasteiger partial charge in [0.25, 0.3) is 5.56 Å². The summed E-state index contributed by atoms with van der Waals surface area (Å²) in [7, 11) is 0. The molecule has 1 aromatic heterocycles. The van der Waals surface area contributed by atoms with Crippen LogP contribution in [0.25, 0.3) is 0 Å². The molecule has 0 N–H and O–H groups in total. The molecule has 0 fully saturated rings. The predicted molar refractivity (Wildman–Crippen MR) is 78.5 cm³/mol. The van der Waals surface area contributed by atoms with Gasteiger partial charge in [-0.25, -0.2) is 0 Å². The summed E-state index contributed by atoms with van der Waals surface area (Å²) in [6.07, 6.45) is 0. The monoisotopic (exact) mass is 265 g/mol. The Morgan fingerprint density at radius 1 is 1.10 bits per heavy atom. The lowest BCUT2D eigenvalue weighted by Crippen LogP contribution is -2.24. The van der Waals surface area contributed by atoms with Crippen LogP contribution in [0.1, 0.15) is 23.7 Å². The molecule has 2 rings (SSSR count). The number of carbonyl (C=O) groups is 1. The summed E-state index contributed by atoms with van der Waals surface area (Å²) in [6.45, 7) is 3.38. The molecular formula is C17H15NO2. The van der Waals surface area contributed by atoms with Crippen LogP contribution in [0.3, 0.4) is 0 Å². The number of carbonyl (C=O) groups excluding carboxylic acids is 1. The van der Waals surface area contributed by atoms with Crippen LogP contribution in [0.5, 0.6) is 0 Å². The highest BCUT2D eigenvalue weighted by molar-refractivity contribution is 5.75. The molecule has 0 atom stereocenters. The molecule has 0 unspecified atom stereocenters.